The average molecular weight is 411 g/mol. The van der Waals surface area contributed by atoms with Crippen LogP contribution in [0.25, 0.3) is 0 Å². The average Bonchev–Trinajstić information content (AvgIpc) is 2.69. The standard InChI is InChI=1S/C24H34N4O2/c1-7-25-23(26-16-18-12-14-19(15-13-18)22(29)28(5)6)27-17-20-10-8-9-11-21(20)30-24(2,3)4/h8-15H,7,16-17H2,1-6H3,(H2,25,26,27). The fraction of sp³-hybridized carbons (Fsp3) is 0.417. The Hall–Kier alpha value is -3.02. The summed E-state index contributed by atoms with van der Waals surface area (Å²) < 4.78 is 6.07. The molecule has 6 nitrogen and oxygen atoms in total. The Morgan fingerprint density at radius 3 is 2.30 bits per heavy atom. The number of nitrogens with zero attached hydrogens (tertiary/aromatic N) is 2. The lowest BCUT2D eigenvalue weighted by molar-refractivity contribution is 0.0827. The van der Waals surface area contributed by atoms with Crippen molar-refractivity contribution in [2.45, 2.75) is 46.4 Å². The van der Waals surface area contributed by atoms with Gasteiger partial charge >= 0.3 is 0 Å². The molecule has 0 aliphatic carbocycles. The van der Waals surface area contributed by atoms with E-state index >= 15 is 0 Å². The molecule has 0 aromatic heterocycles. The van der Waals surface area contributed by atoms with Gasteiger partial charge in [0.15, 0.2) is 5.96 Å². The SMILES string of the molecule is CCNC(=NCc1ccc(C(=O)N(C)C)cc1)NCc1ccccc1OC(C)(C)C. The lowest BCUT2D eigenvalue weighted by Crippen LogP contribution is -2.37. The monoisotopic (exact) mass is 410 g/mol. The maximum atomic E-state index is 12.0. The Morgan fingerprint density at radius 2 is 1.70 bits per heavy atom. The summed E-state index contributed by atoms with van der Waals surface area (Å²) in [4.78, 5) is 18.3. The summed E-state index contributed by atoms with van der Waals surface area (Å²) in [5, 5.41) is 6.65. The molecule has 0 fully saturated rings. The fourth-order valence-corrected chi connectivity index (χ4v) is 2.78. The number of carbonyl (C=O) groups is 1. The first-order chi connectivity index (χ1) is 14.2. The Bertz CT molecular complexity index is 852. The number of guanidine groups is 1. The van der Waals surface area contributed by atoms with E-state index in [9.17, 15) is 4.79 Å². The molecule has 0 unspecified atom stereocenters. The van der Waals surface area contributed by atoms with Crippen LogP contribution in [0.1, 0.15) is 49.2 Å². The molecule has 0 radical (unpaired) electrons. The number of carbonyl (C=O) groups excluding carboxylic acids is 1. The highest BCUT2D eigenvalue weighted by atomic mass is 16.5. The van der Waals surface area contributed by atoms with Crippen LogP contribution in [0.5, 0.6) is 5.75 Å². The molecule has 1 amide bonds. The van der Waals surface area contributed by atoms with Crippen LogP contribution >= 0.6 is 0 Å². The van der Waals surface area contributed by atoms with Gasteiger partial charge in [0.1, 0.15) is 11.4 Å². The zero-order valence-corrected chi connectivity index (χ0v) is 19.0. The third-order valence-corrected chi connectivity index (χ3v) is 4.21. The highest BCUT2D eigenvalue weighted by molar-refractivity contribution is 5.93. The zero-order chi connectivity index (χ0) is 22.1. The molecule has 0 heterocycles. The van der Waals surface area contributed by atoms with Crippen molar-refractivity contribution >= 4 is 11.9 Å². The first-order valence-corrected chi connectivity index (χ1v) is 10.3. The van der Waals surface area contributed by atoms with Gasteiger partial charge in [0.2, 0.25) is 0 Å². The molecular weight excluding hydrogens is 376 g/mol. The molecule has 2 N–H and O–H groups in total. The topological polar surface area (TPSA) is 66.0 Å². The van der Waals surface area contributed by atoms with Gasteiger partial charge in [-0.15, -0.1) is 0 Å². The second-order valence-corrected chi connectivity index (χ2v) is 8.27. The first-order valence-electron chi connectivity index (χ1n) is 10.3. The predicted octanol–water partition coefficient (Wildman–Crippen LogP) is 3.82. The maximum absolute atomic E-state index is 12.0. The number of hydrogen-bond donors (Lipinski definition) is 2. The molecule has 2 aromatic carbocycles. The number of benzene rings is 2. The second kappa shape index (κ2) is 10.7. The largest absolute Gasteiger partial charge is 0.488 e. The van der Waals surface area contributed by atoms with Crippen molar-refractivity contribution in [3.8, 4) is 5.75 Å². The summed E-state index contributed by atoms with van der Waals surface area (Å²) >= 11 is 0. The normalized spacial score (nSPS) is 11.7. The van der Waals surface area contributed by atoms with Crippen molar-refractivity contribution in [1.29, 1.82) is 0 Å². The maximum Gasteiger partial charge on any atom is 0.253 e. The minimum Gasteiger partial charge on any atom is -0.488 e. The van der Waals surface area contributed by atoms with Crippen molar-refractivity contribution in [2.75, 3.05) is 20.6 Å². The molecule has 30 heavy (non-hydrogen) atoms. The summed E-state index contributed by atoms with van der Waals surface area (Å²) in [6.07, 6.45) is 0. The van der Waals surface area contributed by atoms with E-state index in [1.807, 2.05) is 70.2 Å². The number of hydrogen-bond acceptors (Lipinski definition) is 3. The van der Waals surface area contributed by atoms with E-state index in [1.165, 1.54) is 0 Å². The van der Waals surface area contributed by atoms with Crippen LogP contribution in [0.3, 0.4) is 0 Å². The van der Waals surface area contributed by atoms with Gasteiger partial charge in [-0.25, -0.2) is 4.99 Å². The minimum atomic E-state index is -0.255. The van der Waals surface area contributed by atoms with Crippen LogP contribution in [-0.2, 0) is 13.1 Å². The Morgan fingerprint density at radius 1 is 1.03 bits per heavy atom. The number of rotatable bonds is 7. The van der Waals surface area contributed by atoms with Crippen molar-refractivity contribution in [1.82, 2.24) is 15.5 Å². The zero-order valence-electron chi connectivity index (χ0n) is 19.0. The quantitative estimate of drug-likeness (QED) is 0.538. The molecule has 0 bridgehead atoms. The number of ether oxygens (including phenoxy) is 1. The van der Waals surface area contributed by atoms with Gasteiger partial charge in [-0.3, -0.25) is 4.79 Å². The van der Waals surface area contributed by atoms with E-state index < -0.39 is 0 Å². The van der Waals surface area contributed by atoms with E-state index in [0.717, 1.165) is 29.4 Å². The van der Waals surface area contributed by atoms with E-state index in [2.05, 4.69) is 21.7 Å². The number of amides is 1. The summed E-state index contributed by atoms with van der Waals surface area (Å²) in [5.74, 6) is 1.60. The van der Waals surface area contributed by atoms with Crippen molar-refractivity contribution in [3.63, 3.8) is 0 Å². The van der Waals surface area contributed by atoms with Crippen LogP contribution in [0.15, 0.2) is 53.5 Å². The first kappa shape index (κ1) is 23.3. The Balaban J connectivity index is 2.04. The van der Waals surface area contributed by atoms with Crippen molar-refractivity contribution in [3.05, 3.63) is 65.2 Å². The van der Waals surface area contributed by atoms with Gasteiger partial charge in [-0.2, -0.15) is 0 Å². The van der Waals surface area contributed by atoms with Gasteiger partial charge in [0.25, 0.3) is 5.91 Å². The van der Waals surface area contributed by atoms with Crippen LogP contribution in [0, 0.1) is 0 Å². The van der Waals surface area contributed by atoms with Crippen LogP contribution in [0.2, 0.25) is 0 Å². The van der Waals surface area contributed by atoms with E-state index in [0.29, 0.717) is 18.7 Å². The molecular formula is C24H34N4O2. The number of nitrogens with one attached hydrogen (secondary N) is 2. The minimum absolute atomic E-state index is 0.00352. The van der Waals surface area contributed by atoms with Crippen LogP contribution in [-0.4, -0.2) is 43.0 Å². The molecule has 2 rings (SSSR count). The lowest BCUT2D eigenvalue weighted by atomic mass is 10.1. The third kappa shape index (κ3) is 7.43. The van der Waals surface area contributed by atoms with Crippen LogP contribution < -0.4 is 15.4 Å². The molecule has 0 atom stereocenters. The van der Waals surface area contributed by atoms with Gasteiger partial charge in [-0.1, -0.05) is 30.3 Å². The van der Waals surface area contributed by atoms with Gasteiger partial charge in [0, 0.05) is 38.3 Å². The summed E-state index contributed by atoms with van der Waals surface area (Å²) in [6, 6.07) is 15.6. The summed E-state index contributed by atoms with van der Waals surface area (Å²) in [6.45, 7) is 10.1. The molecule has 0 aliphatic rings. The second-order valence-electron chi connectivity index (χ2n) is 8.27. The Kier molecular flexibility index (Phi) is 8.27. The van der Waals surface area contributed by atoms with E-state index in [4.69, 9.17) is 4.74 Å². The predicted molar refractivity (Wildman–Crippen MR) is 123 cm³/mol. The number of para-hydroxylation sites is 1. The van der Waals surface area contributed by atoms with Gasteiger partial charge in [0.05, 0.1) is 6.54 Å². The molecule has 0 saturated carbocycles. The fourth-order valence-electron chi connectivity index (χ4n) is 2.78. The molecule has 2 aromatic rings. The molecule has 0 saturated heterocycles. The van der Waals surface area contributed by atoms with Crippen molar-refractivity contribution < 1.29 is 9.53 Å². The third-order valence-electron chi connectivity index (χ3n) is 4.21. The lowest BCUT2D eigenvalue weighted by Gasteiger charge is -2.23. The van der Waals surface area contributed by atoms with E-state index in [1.54, 1.807) is 19.0 Å². The number of aliphatic imine (C=N–C) groups is 1. The highest BCUT2D eigenvalue weighted by Crippen LogP contribution is 2.22. The molecule has 6 heteroatoms. The van der Waals surface area contributed by atoms with Gasteiger partial charge in [-0.05, 0) is 51.5 Å². The molecule has 0 spiro atoms. The van der Waals surface area contributed by atoms with Crippen molar-refractivity contribution in [2.24, 2.45) is 4.99 Å². The molecule has 162 valence electrons. The summed E-state index contributed by atoms with van der Waals surface area (Å²) in [7, 11) is 3.50. The summed E-state index contributed by atoms with van der Waals surface area (Å²) in [5.41, 5.74) is 2.53. The van der Waals surface area contributed by atoms with Gasteiger partial charge < -0.3 is 20.3 Å². The smallest absolute Gasteiger partial charge is 0.253 e. The van der Waals surface area contributed by atoms with E-state index in [-0.39, 0.29) is 11.5 Å². The highest BCUT2D eigenvalue weighted by Gasteiger charge is 2.14. The molecule has 0 aliphatic heterocycles. The van der Waals surface area contributed by atoms with Crippen LogP contribution in [0.4, 0.5) is 0 Å². The Labute approximate surface area is 180 Å².